The van der Waals surface area contributed by atoms with Gasteiger partial charge in [-0.3, -0.25) is 0 Å². The molecule has 1 fully saturated rings. The molecular weight excluding hydrogens is 384 g/mol. The number of ether oxygens (including phenoxy) is 3. The van der Waals surface area contributed by atoms with Crippen LogP contribution in [0.2, 0.25) is 0 Å². The fourth-order valence-electron chi connectivity index (χ4n) is 3.18. The average Bonchev–Trinajstić information content (AvgIpc) is 3.16. The van der Waals surface area contributed by atoms with E-state index >= 15 is 0 Å². The van der Waals surface area contributed by atoms with Crippen LogP contribution in [0.25, 0.3) is 0 Å². The van der Waals surface area contributed by atoms with E-state index in [0.29, 0.717) is 32.8 Å². The lowest BCUT2D eigenvalue weighted by atomic mass is 10.2. The maximum atomic E-state index is 12.2. The molecule has 1 heterocycles. The van der Waals surface area contributed by atoms with Crippen LogP contribution in [-0.4, -0.2) is 55.0 Å². The molecule has 0 saturated carbocycles. The van der Waals surface area contributed by atoms with E-state index in [0.717, 1.165) is 37.7 Å². The van der Waals surface area contributed by atoms with Gasteiger partial charge in [0.25, 0.3) is 0 Å². The van der Waals surface area contributed by atoms with E-state index in [-0.39, 0.29) is 18.3 Å². The smallest absolute Gasteiger partial charge is 0.410 e. The van der Waals surface area contributed by atoms with Crippen molar-refractivity contribution in [2.45, 2.75) is 71.2 Å². The molecule has 1 aliphatic heterocycles. The number of alkyl carbamates (subject to hydrolysis) is 1. The normalized spacial score (nSPS) is 16.4. The monoisotopic (exact) mass is 420 g/mol. The molecule has 1 saturated heterocycles. The van der Waals surface area contributed by atoms with Crippen molar-refractivity contribution in [3.05, 3.63) is 35.9 Å². The Morgan fingerprint density at radius 2 is 1.83 bits per heavy atom. The second kappa shape index (κ2) is 12.4. The van der Waals surface area contributed by atoms with Crippen LogP contribution >= 0.6 is 0 Å². The van der Waals surface area contributed by atoms with E-state index in [2.05, 4.69) is 5.32 Å². The van der Waals surface area contributed by atoms with Gasteiger partial charge in [0.15, 0.2) is 0 Å². The molecule has 0 radical (unpaired) electrons. The Morgan fingerprint density at radius 1 is 1.10 bits per heavy atom. The maximum Gasteiger partial charge on any atom is 0.410 e. The number of unbranched alkanes of at least 4 members (excludes halogenated alkanes) is 3. The number of nitrogens with one attached hydrogen (secondary N) is 1. The highest BCUT2D eigenvalue weighted by Gasteiger charge is 2.27. The van der Waals surface area contributed by atoms with Gasteiger partial charge in [-0.2, -0.15) is 0 Å². The third-order valence-electron chi connectivity index (χ3n) is 4.70. The van der Waals surface area contributed by atoms with Gasteiger partial charge in [0.05, 0.1) is 12.6 Å². The van der Waals surface area contributed by atoms with Gasteiger partial charge in [-0.25, -0.2) is 9.59 Å². The van der Waals surface area contributed by atoms with E-state index in [4.69, 9.17) is 14.2 Å². The minimum Gasteiger partial charge on any atom is -0.445 e. The first-order valence-corrected chi connectivity index (χ1v) is 10.9. The lowest BCUT2D eigenvalue weighted by Crippen LogP contribution is -2.33. The Kier molecular flexibility index (Phi) is 9.94. The highest BCUT2D eigenvalue weighted by Crippen LogP contribution is 2.15. The van der Waals surface area contributed by atoms with Crippen LogP contribution in [0.15, 0.2) is 30.3 Å². The Labute approximate surface area is 180 Å². The number of benzene rings is 1. The van der Waals surface area contributed by atoms with Crippen LogP contribution in [0, 0.1) is 0 Å². The molecule has 1 aromatic carbocycles. The fraction of sp³-hybridized carbons (Fsp3) is 0.652. The van der Waals surface area contributed by atoms with Crippen molar-refractivity contribution >= 4 is 12.2 Å². The molecule has 2 rings (SSSR count). The molecule has 0 spiro atoms. The third kappa shape index (κ3) is 9.96. The zero-order chi connectivity index (χ0) is 21.8. The molecule has 1 N–H and O–H groups in total. The molecule has 1 atom stereocenters. The highest BCUT2D eigenvalue weighted by atomic mass is 16.6. The molecule has 0 aromatic heterocycles. The molecule has 0 bridgehead atoms. The number of rotatable bonds is 10. The molecule has 2 amide bonds. The second-order valence-corrected chi connectivity index (χ2v) is 8.61. The van der Waals surface area contributed by atoms with E-state index in [1.165, 1.54) is 0 Å². The van der Waals surface area contributed by atoms with Gasteiger partial charge in [0, 0.05) is 19.7 Å². The number of amides is 2. The number of hydrogen-bond acceptors (Lipinski definition) is 5. The van der Waals surface area contributed by atoms with Gasteiger partial charge >= 0.3 is 12.2 Å². The number of nitrogens with zero attached hydrogens (tertiary/aromatic N) is 1. The van der Waals surface area contributed by atoms with Gasteiger partial charge in [-0.15, -0.1) is 0 Å². The van der Waals surface area contributed by atoms with Crippen molar-refractivity contribution < 1.29 is 23.8 Å². The molecule has 30 heavy (non-hydrogen) atoms. The number of hydrogen-bond donors (Lipinski definition) is 1. The maximum absolute atomic E-state index is 12.2. The van der Waals surface area contributed by atoms with Crippen molar-refractivity contribution in [1.82, 2.24) is 10.2 Å². The molecule has 168 valence electrons. The summed E-state index contributed by atoms with van der Waals surface area (Å²) in [5, 5.41) is 2.77. The lowest BCUT2D eigenvalue weighted by Gasteiger charge is -2.19. The zero-order valence-electron chi connectivity index (χ0n) is 18.5. The summed E-state index contributed by atoms with van der Waals surface area (Å²) < 4.78 is 16.5. The SMILES string of the molecule is CC(C)(C)OC(=O)NCCCCCCO[C@H]1CCN(C(=O)OCc2ccccc2)C1. The average molecular weight is 421 g/mol. The molecule has 0 unspecified atom stereocenters. The molecular formula is C23H36N2O5. The van der Waals surface area contributed by atoms with Crippen LogP contribution in [0.4, 0.5) is 9.59 Å². The highest BCUT2D eigenvalue weighted by molar-refractivity contribution is 5.68. The summed E-state index contributed by atoms with van der Waals surface area (Å²) in [5.74, 6) is 0. The van der Waals surface area contributed by atoms with Gasteiger partial charge < -0.3 is 24.4 Å². The predicted octanol–water partition coefficient (Wildman–Crippen LogP) is 4.50. The van der Waals surface area contributed by atoms with E-state index in [1.807, 2.05) is 51.1 Å². The van der Waals surface area contributed by atoms with Crippen LogP contribution in [0.5, 0.6) is 0 Å². The third-order valence-corrected chi connectivity index (χ3v) is 4.70. The first-order chi connectivity index (χ1) is 14.3. The Bertz CT molecular complexity index is 645. The summed E-state index contributed by atoms with van der Waals surface area (Å²) >= 11 is 0. The van der Waals surface area contributed by atoms with Crippen LogP contribution in [-0.2, 0) is 20.8 Å². The zero-order valence-corrected chi connectivity index (χ0v) is 18.5. The molecule has 7 heteroatoms. The number of carbonyl (C=O) groups is 2. The molecule has 7 nitrogen and oxygen atoms in total. The summed E-state index contributed by atoms with van der Waals surface area (Å²) in [6.07, 6.45) is 4.27. The summed E-state index contributed by atoms with van der Waals surface area (Å²) in [6, 6.07) is 9.68. The predicted molar refractivity (Wildman–Crippen MR) is 115 cm³/mol. The van der Waals surface area contributed by atoms with Gasteiger partial charge in [-0.05, 0) is 45.6 Å². The van der Waals surface area contributed by atoms with Crippen molar-refractivity contribution in [2.75, 3.05) is 26.2 Å². The van der Waals surface area contributed by atoms with E-state index < -0.39 is 5.60 Å². The topological polar surface area (TPSA) is 77.1 Å². The fourth-order valence-corrected chi connectivity index (χ4v) is 3.18. The van der Waals surface area contributed by atoms with Gasteiger partial charge in [0.1, 0.15) is 12.2 Å². The Morgan fingerprint density at radius 3 is 2.57 bits per heavy atom. The largest absolute Gasteiger partial charge is 0.445 e. The molecule has 1 aromatic rings. The lowest BCUT2D eigenvalue weighted by molar-refractivity contribution is 0.0510. The first kappa shape index (κ1) is 24.0. The van der Waals surface area contributed by atoms with Gasteiger partial charge in [0.2, 0.25) is 0 Å². The Balaban J connectivity index is 1.46. The van der Waals surface area contributed by atoms with E-state index in [1.54, 1.807) is 4.90 Å². The summed E-state index contributed by atoms with van der Waals surface area (Å²) in [5.41, 5.74) is 0.523. The van der Waals surface area contributed by atoms with Gasteiger partial charge in [-0.1, -0.05) is 43.2 Å². The minimum absolute atomic E-state index is 0.0862. The summed E-state index contributed by atoms with van der Waals surface area (Å²) in [7, 11) is 0. The quantitative estimate of drug-likeness (QED) is 0.564. The molecule has 0 aliphatic carbocycles. The van der Waals surface area contributed by atoms with Crippen molar-refractivity contribution in [3.8, 4) is 0 Å². The number of carbonyl (C=O) groups excluding carboxylic acids is 2. The van der Waals surface area contributed by atoms with Crippen molar-refractivity contribution in [3.63, 3.8) is 0 Å². The first-order valence-electron chi connectivity index (χ1n) is 10.9. The summed E-state index contributed by atoms with van der Waals surface area (Å²) in [6.45, 7) is 8.43. The van der Waals surface area contributed by atoms with Crippen LogP contribution < -0.4 is 5.32 Å². The van der Waals surface area contributed by atoms with Crippen LogP contribution in [0.3, 0.4) is 0 Å². The second-order valence-electron chi connectivity index (χ2n) is 8.61. The summed E-state index contributed by atoms with van der Waals surface area (Å²) in [4.78, 5) is 25.4. The standard InChI is InChI=1S/C23H36N2O5/c1-23(2,3)30-21(26)24-14-9-4-5-10-16-28-20-13-15-25(17-20)22(27)29-18-19-11-7-6-8-12-19/h6-8,11-12,20H,4-5,9-10,13-18H2,1-3H3,(H,24,26)/t20-/m0/s1. The van der Waals surface area contributed by atoms with Crippen LogP contribution in [0.1, 0.15) is 58.4 Å². The number of likely N-dealkylation sites (tertiary alicyclic amines) is 1. The Hall–Kier alpha value is -2.28. The van der Waals surface area contributed by atoms with E-state index in [9.17, 15) is 9.59 Å². The molecule has 1 aliphatic rings. The van der Waals surface area contributed by atoms with Crippen molar-refractivity contribution in [2.24, 2.45) is 0 Å². The van der Waals surface area contributed by atoms with Crippen molar-refractivity contribution in [1.29, 1.82) is 0 Å². The minimum atomic E-state index is -0.462.